The number of rotatable bonds is 4. The zero-order chi connectivity index (χ0) is 8.85. The molecule has 0 radical (unpaired) electrons. The second-order valence-corrected chi connectivity index (χ2v) is 2.64. The SMILES string of the molecule is CC(=O)CC(=O)OC(C)CCl. The zero-order valence-corrected chi connectivity index (χ0v) is 7.35. The summed E-state index contributed by atoms with van der Waals surface area (Å²) >= 11 is 5.37. The average molecular weight is 179 g/mol. The molecule has 0 bridgehead atoms. The molecule has 0 saturated carbocycles. The molecule has 1 atom stereocenters. The molecule has 0 fully saturated rings. The van der Waals surface area contributed by atoms with E-state index in [1.54, 1.807) is 6.92 Å². The molecule has 1 unspecified atom stereocenters. The topological polar surface area (TPSA) is 43.4 Å². The maximum Gasteiger partial charge on any atom is 0.313 e. The molecule has 0 amide bonds. The Hall–Kier alpha value is -0.570. The summed E-state index contributed by atoms with van der Waals surface area (Å²) in [5, 5.41) is 0. The van der Waals surface area contributed by atoms with Crippen LogP contribution in [0.2, 0.25) is 0 Å². The van der Waals surface area contributed by atoms with Crippen LogP contribution in [0.25, 0.3) is 0 Å². The van der Waals surface area contributed by atoms with Gasteiger partial charge in [-0.25, -0.2) is 0 Å². The minimum Gasteiger partial charge on any atom is -0.461 e. The minimum atomic E-state index is -0.509. The number of ketones is 1. The molecule has 0 aromatic rings. The third-order valence-electron chi connectivity index (χ3n) is 0.943. The quantitative estimate of drug-likeness (QED) is 0.368. The Morgan fingerprint density at radius 1 is 1.55 bits per heavy atom. The van der Waals surface area contributed by atoms with Gasteiger partial charge in [-0.1, -0.05) is 0 Å². The Bertz CT molecular complexity index is 156. The van der Waals surface area contributed by atoms with E-state index in [4.69, 9.17) is 16.3 Å². The molecule has 0 aromatic heterocycles. The van der Waals surface area contributed by atoms with E-state index in [1.165, 1.54) is 6.92 Å². The van der Waals surface area contributed by atoms with Crippen molar-refractivity contribution in [1.29, 1.82) is 0 Å². The van der Waals surface area contributed by atoms with Crippen molar-refractivity contribution in [3.8, 4) is 0 Å². The van der Waals surface area contributed by atoms with E-state index in [0.717, 1.165) is 0 Å². The number of halogens is 1. The van der Waals surface area contributed by atoms with E-state index < -0.39 is 5.97 Å². The van der Waals surface area contributed by atoms with Crippen LogP contribution in [0.4, 0.5) is 0 Å². The number of alkyl halides is 1. The Kier molecular flexibility index (Phi) is 4.86. The van der Waals surface area contributed by atoms with Crippen LogP contribution in [0.1, 0.15) is 20.3 Å². The first-order chi connectivity index (χ1) is 5.06. The van der Waals surface area contributed by atoms with E-state index in [2.05, 4.69) is 0 Å². The van der Waals surface area contributed by atoms with Gasteiger partial charge in [-0.05, 0) is 13.8 Å². The molecule has 0 heterocycles. The summed E-state index contributed by atoms with van der Waals surface area (Å²) in [6.07, 6.45) is -0.482. The molecule has 0 aliphatic rings. The monoisotopic (exact) mass is 178 g/mol. The first kappa shape index (κ1) is 10.4. The minimum absolute atomic E-state index is 0.165. The Morgan fingerprint density at radius 2 is 2.09 bits per heavy atom. The third kappa shape index (κ3) is 5.85. The smallest absolute Gasteiger partial charge is 0.313 e. The predicted octanol–water partition coefficient (Wildman–Crippen LogP) is 1.14. The van der Waals surface area contributed by atoms with E-state index >= 15 is 0 Å². The summed E-state index contributed by atoms with van der Waals surface area (Å²) in [5.74, 6) is -0.452. The van der Waals surface area contributed by atoms with Gasteiger partial charge in [0, 0.05) is 0 Å². The highest BCUT2D eigenvalue weighted by atomic mass is 35.5. The fourth-order valence-electron chi connectivity index (χ4n) is 0.501. The van der Waals surface area contributed by atoms with Gasteiger partial charge in [0.05, 0.1) is 5.88 Å². The van der Waals surface area contributed by atoms with Gasteiger partial charge in [-0.3, -0.25) is 9.59 Å². The number of esters is 1. The van der Waals surface area contributed by atoms with Gasteiger partial charge in [0.2, 0.25) is 0 Å². The van der Waals surface area contributed by atoms with Crippen LogP contribution in [-0.4, -0.2) is 23.7 Å². The molecule has 64 valence electrons. The van der Waals surface area contributed by atoms with Gasteiger partial charge in [-0.2, -0.15) is 0 Å². The lowest BCUT2D eigenvalue weighted by Crippen LogP contribution is -2.17. The first-order valence-corrected chi connectivity index (χ1v) is 3.84. The molecule has 0 rings (SSSR count). The fraction of sp³-hybridized carbons (Fsp3) is 0.714. The van der Waals surface area contributed by atoms with Crippen LogP contribution in [0.5, 0.6) is 0 Å². The molecular formula is C7H11ClO3. The number of ether oxygens (including phenoxy) is 1. The summed E-state index contributed by atoms with van der Waals surface area (Å²) in [7, 11) is 0. The van der Waals surface area contributed by atoms with Gasteiger partial charge in [-0.15, -0.1) is 11.6 Å². The molecule has 4 heteroatoms. The molecule has 0 spiro atoms. The molecule has 3 nitrogen and oxygen atoms in total. The van der Waals surface area contributed by atoms with Crippen molar-refractivity contribution < 1.29 is 14.3 Å². The lowest BCUT2D eigenvalue weighted by atomic mass is 10.3. The van der Waals surface area contributed by atoms with Crippen LogP contribution in [0, 0.1) is 0 Å². The van der Waals surface area contributed by atoms with E-state index in [9.17, 15) is 9.59 Å². The Morgan fingerprint density at radius 3 is 2.45 bits per heavy atom. The standard InChI is InChI=1S/C7H11ClO3/c1-5(9)3-7(10)11-6(2)4-8/h6H,3-4H2,1-2H3. The summed E-state index contributed by atoms with van der Waals surface area (Å²) in [4.78, 5) is 21.1. The van der Waals surface area contributed by atoms with Crippen molar-refractivity contribution >= 4 is 23.4 Å². The normalized spacial score (nSPS) is 12.3. The van der Waals surface area contributed by atoms with Crippen molar-refractivity contribution in [3.63, 3.8) is 0 Å². The Balaban J connectivity index is 3.60. The summed E-state index contributed by atoms with van der Waals surface area (Å²) in [6.45, 7) is 3.01. The van der Waals surface area contributed by atoms with Crippen molar-refractivity contribution in [1.82, 2.24) is 0 Å². The molecule has 0 aliphatic carbocycles. The summed E-state index contributed by atoms with van der Waals surface area (Å²) in [6, 6.07) is 0. The summed E-state index contributed by atoms with van der Waals surface area (Å²) < 4.78 is 4.72. The highest BCUT2D eigenvalue weighted by molar-refractivity contribution is 6.18. The van der Waals surface area contributed by atoms with Gasteiger partial charge >= 0.3 is 5.97 Å². The largest absolute Gasteiger partial charge is 0.461 e. The highest BCUT2D eigenvalue weighted by Crippen LogP contribution is 1.97. The number of carbonyl (C=O) groups excluding carboxylic acids is 2. The number of carbonyl (C=O) groups is 2. The maximum absolute atomic E-state index is 10.7. The highest BCUT2D eigenvalue weighted by Gasteiger charge is 2.09. The van der Waals surface area contributed by atoms with Crippen LogP contribution in [0.3, 0.4) is 0 Å². The summed E-state index contributed by atoms with van der Waals surface area (Å²) in [5.41, 5.74) is 0. The van der Waals surface area contributed by atoms with E-state index in [-0.39, 0.29) is 24.2 Å². The molecule has 0 saturated heterocycles. The van der Waals surface area contributed by atoms with Crippen molar-refractivity contribution in [2.24, 2.45) is 0 Å². The van der Waals surface area contributed by atoms with E-state index in [1.807, 2.05) is 0 Å². The van der Waals surface area contributed by atoms with Crippen LogP contribution in [-0.2, 0) is 14.3 Å². The number of Topliss-reactive ketones (excluding diaryl/α,β-unsaturated/α-hetero) is 1. The Labute approximate surface area is 70.7 Å². The lowest BCUT2D eigenvalue weighted by molar-refractivity contribution is -0.148. The lowest BCUT2D eigenvalue weighted by Gasteiger charge is -2.07. The van der Waals surface area contributed by atoms with Crippen LogP contribution < -0.4 is 0 Å². The second kappa shape index (κ2) is 5.13. The first-order valence-electron chi connectivity index (χ1n) is 3.31. The van der Waals surface area contributed by atoms with Crippen molar-refractivity contribution in [2.45, 2.75) is 26.4 Å². The molecule has 0 aliphatic heterocycles. The third-order valence-corrected chi connectivity index (χ3v) is 1.38. The second-order valence-electron chi connectivity index (χ2n) is 2.33. The molecule has 0 aromatic carbocycles. The van der Waals surface area contributed by atoms with Gasteiger partial charge in [0.1, 0.15) is 18.3 Å². The van der Waals surface area contributed by atoms with Crippen molar-refractivity contribution in [3.05, 3.63) is 0 Å². The number of hydrogen-bond acceptors (Lipinski definition) is 3. The number of hydrogen-bond donors (Lipinski definition) is 0. The predicted molar refractivity (Wildman–Crippen MR) is 41.6 cm³/mol. The molecule has 11 heavy (non-hydrogen) atoms. The molecule has 0 N–H and O–H groups in total. The van der Waals surface area contributed by atoms with Crippen molar-refractivity contribution in [2.75, 3.05) is 5.88 Å². The fourth-order valence-corrected chi connectivity index (χ4v) is 0.564. The zero-order valence-electron chi connectivity index (χ0n) is 6.59. The van der Waals surface area contributed by atoms with E-state index in [0.29, 0.717) is 0 Å². The maximum atomic E-state index is 10.7. The average Bonchev–Trinajstić information content (AvgIpc) is 1.85. The van der Waals surface area contributed by atoms with Crippen LogP contribution >= 0.6 is 11.6 Å². The van der Waals surface area contributed by atoms with Crippen LogP contribution in [0.15, 0.2) is 0 Å². The molecular weight excluding hydrogens is 168 g/mol. The van der Waals surface area contributed by atoms with Gasteiger partial charge in [0.15, 0.2) is 0 Å². The van der Waals surface area contributed by atoms with Gasteiger partial charge in [0.25, 0.3) is 0 Å². The van der Waals surface area contributed by atoms with Gasteiger partial charge < -0.3 is 4.74 Å².